The highest BCUT2D eigenvalue weighted by Crippen LogP contribution is 2.30. The number of imidazole rings is 1. The number of para-hydroxylation sites is 2. The van der Waals surface area contributed by atoms with E-state index in [0.717, 1.165) is 31.8 Å². The largest absolute Gasteiger partial charge is 0.380 e. The van der Waals surface area contributed by atoms with Crippen molar-refractivity contribution < 1.29 is 4.74 Å². The number of fused-ring (bicyclic) bond motifs is 1. The van der Waals surface area contributed by atoms with Gasteiger partial charge in [-0.25, -0.2) is 4.98 Å². The first-order chi connectivity index (χ1) is 10.8. The Balaban J connectivity index is 1.85. The predicted molar refractivity (Wildman–Crippen MR) is 90.3 cm³/mol. The summed E-state index contributed by atoms with van der Waals surface area (Å²) in [5, 5.41) is 0. The van der Waals surface area contributed by atoms with Crippen LogP contribution >= 0.6 is 0 Å². The minimum Gasteiger partial charge on any atom is -0.380 e. The number of rotatable bonds is 6. The summed E-state index contributed by atoms with van der Waals surface area (Å²) in [7, 11) is 0. The lowest BCUT2D eigenvalue weighted by Gasteiger charge is -2.31. The SMILES string of the molecule is CCOCCn1c(C2CCN(CC)CC2)nc2ccccc21. The molecular formula is C18H27N3O. The topological polar surface area (TPSA) is 30.3 Å². The van der Waals surface area contributed by atoms with Gasteiger partial charge in [-0.2, -0.15) is 0 Å². The van der Waals surface area contributed by atoms with Crippen LogP contribution in [0.2, 0.25) is 0 Å². The molecule has 0 amide bonds. The van der Waals surface area contributed by atoms with Gasteiger partial charge in [0.05, 0.1) is 17.6 Å². The first-order valence-electron chi connectivity index (χ1n) is 8.58. The van der Waals surface area contributed by atoms with E-state index in [-0.39, 0.29) is 0 Å². The number of nitrogens with zero attached hydrogens (tertiary/aromatic N) is 3. The molecule has 1 aromatic heterocycles. The molecule has 0 atom stereocenters. The van der Waals surface area contributed by atoms with Crippen LogP contribution in [0.15, 0.2) is 24.3 Å². The molecule has 1 saturated heterocycles. The Kier molecular flexibility index (Phi) is 5.11. The maximum Gasteiger partial charge on any atom is 0.113 e. The summed E-state index contributed by atoms with van der Waals surface area (Å²) >= 11 is 0. The van der Waals surface area contributed by atoms with Crippen LogP contribution in [0, 0.1) is 0 Å². The van der Waals surface area contributed by atoms with Crippen LogP contribution in [0.3, 0.4) is 0 Å². The monoisotopic (exact) mass is 301 g/mol. The Bertz CT molecular complexity index is 599. The van der Waals surface area contributed by atoms with Crippen LogP contribution in [0.5, 0.6) is 0 Å². The molecule has 0 saturated carbocycles. The van der Waals surface area contributed by atoms with Gasteiger partial charge in [0, 0.05) is 19.1 Å². The van der Waals surface area contributed by atoms with Gasteiger partial charge in [0.15, 0.2) is 0 Å². The van der Waals surface area contributed by atoms with Crippen LogP contribution in [-0.4, -0.2) is 47.3 Å². The van der Waals surface area contributed by atoms with E-state index in [1.54, 1.807) is 0 Å². The number of aromatic nitrogens is 2. The van der Waals surface area contributed by atoms with Crippen LogP contribution in [0.4, 0.5) is 0 Å². The molecule has 1 aliphatic heterocycles. The van der Waals surface area contributed by atoms with Crippen molar-refractivity contribution in [2.24, 2.45) is 0 Å². The number of ether oxygens (including phenoxy) is 1. The summed E-state index contributed by atoms with van der Waals surface area (Å²) in [5.74, 6) is 1.84. The smallest absolute Gasteiger partial charge is 0.113 e. The Morgan fingerprint density at radius 1 is 1.18 bits per heavy atom. The number of hydrogen-bond donors (Lipinski definition) is 0. The van der Waals surface area contributed by atoms with Crippen LogP contribution in [-0.2, 0) is 11.3 Å². The zero-order valence-corrected chi connectivity index (χ0v) is 13.8. The molecule has 120 valence electrons. The van der Waals surface area contributed by atoms with Gasteiger partial charge in [-0.15, -0.1) is 0 Å². The molecule has 3 rings (SSSR count). The molecule has 0 N–H and O–H groups in total. The summed E-state index contributed by atoms with van der Waals surface area (Å²) in [6.07, 6.45) is 2.43. The molecular weight excluding hydrogens is 274 g/mol. The van der Waals surface area contributed by atoms with E-state index in [1.165, 1.54) is 37.3 Å². The zero-order chi connectivity index (χ0) is 15.4. The standard InChI is InChI=1S/C18H27N3O/c1-3-20-11-9-15(10-12-20)18-19-16-7-5-6-8-17(16)21(18)13-14-22-4-2/h5-8,15H,3-4,9-14H2,1-2H3. The Morgan fingerprint density at radius 3 is 2.68 bits per heavy atom. The van der Waals surface area contributed by atoms with Crippen molar-refractivity contribution in [3.05, 3.63) is 30.1 Å². The third-order valence-corrected chi connectivity index (χ3v) is 4.75. The van der Waals surface area contributed by atoms with Crippen molar-refractivity contribution in [3.63, 3.8) is 0 Å². The van der Waals surface area contributed by atoms with Gasteiger partial charge >= 0.3 is 0 Å². The average Bonchev–Trinajstić information content (AvgIpc) is 2.94. The van der Waals surface area contributed by atoms with Gasteiger partial charge in [-0.05, 0) is 51.5 Å². The van der Waals surface area contributed by atoms with Gasteiger partial charge in [0.2, 0.25) is 0 Å². The van der Waals surface area contributed by atoms with Gasteiger partial charge in [0.25, 0.3) is 0 Å². The molecule has 2 aromatic rings. The lowest BCUT2D eigenvalue weighted by Crippen LogP contribution is -2.33. The maximum absolute atomic E-state index is 5.58. The Labute approximate surface area is 133 Å². The van der Waals surface area contributed by atoms with E-state index in [1.807, 2.05) is 6.92 Å². The molecule has 1 aliphatic rings. The maximum atomic E-state index is 5.58. The molecule has 0 radical (unpaired) electrons. The van der Waals surface area contributed by atoms with E-state index >= 15 is 0 Å². The molecule has 2 heterocycles. The van der Waals surface area contributed by atoms with Crippen molar-refractivity contribution in [1.82, 2.24) is 14.5 Å². The first-order valence-corrected chi connectivity index (χ1v) is 8.58. The highest BCUT2D eigenvalue weighted by Gasteiger charge is 2.24. The predicted octanol–water partition coefficient (Wildman–Crippen LogP) is 3.27. The fraction of sp³-hybridized carbons (Fsp3) is 0.611. The second-order valence-electron chi connectivity index (χ2n) is 6.02. The second kappa shape index (κ2) is 7.25. The highest BCUT2D eigenvalue weighted by atomic mass is 16.5. The van der Waals surface area contributed by atoms with Crippen LogP contribution < -0.4 is 0 Å². The van der Waals surface area contributed by atoms with Crippen molar-refractivity contribution in [3.8, 4) is 0 Å². The molecule has 0 spiro atoms. The van der Waals surface area contributed by atoms with E-state index in [4.69, 9.17) is 9.72 Å². The third-order valence-electron chi connectivity index (χ3n) is 4.75. The number of likely N-dealkylation sites (tertiary alicyclic amines) is 1. The minimum atomic E-state index is 0.580. The summed E-state index contributed by atoms with van der Waals surface area (Å²) in [6.45, 7) is 10.3. The summed E-state index contributed by atoms with van der Waals surface area (Å²) in [6, 6.07) is 8.48. The lowest BCUT2D eigenvalue weighted by molar-refractivity contribution is 0.138. The molecule has 0 aliphatic carbocycles. The minimum absolute atomic E-state index is 0.580. The Hall–Kier alpha value is -1.39. The van der Waals surface area contributed by atoms with Crippen LogP contribution in [0.1, 0.15) is 38.4 Å². The number of hydrogen-bond acceptors (Lipinski definition) is 3. The molecule has 0 unspecified atom stereocenters. The number of benzene rings is 1. The molecule has 1 fully saturated rings. The third kappa shape index (κ3) is 3.18. The second-order valence-corrected chi connectivity index (χ2v) is 6.02. The van der Waals surface area contributed by atoms with Gasteiger partial charge in [-0.3, -0.25) is 0 Å². The summed E-state index contributed by atoms with van der Waals surface area (Å²) < 4.78 is 7.96. The van der Waals surface area contributed by atoms with Gasteiger partial charge in [0.1, 0.15) is 5.82 Å². The molecule has 4 nitrogen and oxygen atoms in total. The first kappa shape index (κ1) is 15.5. The molecule has 1 aromatic carbocycles. The van der Waals surface area contributed by atoms with E-state index in [0.29, 0.717) is 5.92 Å². The fourth-order valence-electron chi connectivity index (χ4n) is 3.45. The summed E-state index contributed by atoms with van der Waals surface area (Å²) in [5.41, 5.74) is 2.36. The quantitative estimate of drug-likeness (QED) is 0.767. The molecule has 0 bridgehead atoms. The van der Waals surface area contributed by atoms with E-state index in [2.05, 4.69) is 40.7 Å². The van der Waals surface area contributed by atoms with Gasteiger partial charge < -0.3 is 14.2 Å². The van der Waals surface area contributed by atoms with Crippen molar-refractivity contribution in [2.75, 3.05) is 32.8 Å². The van der Waals surface area contributed by atoms with E-state index < -0.39 is 0 Å². The van der Waals surface area contributed by atoms with Crippen molar-refractivity contribution in [1.29, 1.82) is 0 Å². The van der Waals surface area contributed by atoms with Crippen molar-refractivity contribution >= 4 is 11.0 Å². The van der Waals surface area contributed by atoms with Crippen LogP contribution in [0.25, 0.3) is 11.0 Å². The highest BCUT2D eigenvalue weighted by molar-refractivity contribution is 5.76. The molecule has 22 heavy (non-hydrogen) atoms. The molecule has 4 heteroatoms. The van der Waals surface area contributed by atoms with Crippen molar-refractivity contribution in [2.45, 2.75) is 39.2 Å². The number of piperidine rings is 1. The Morgan fingerprint density at radius 2 is 1.95 bits per heavy atom. The fourth-order valence-corrected chi connectivity index (χ4v) is 3.45. The average molecular weight is 301 g/mol. The van der Waals surface area contributed by atoms with Gasteiger partial charge in [-0.1, -0.05) is 19.1 Å². The van der Waals surface area contributed by atoms with E-state index in [9.17, 15) is 0 Å². The summed E-state index contributed by atoms with van der Waals surface area (Å²) in [4.78, 5) is 7.49. The normalized spacial score (nSPS) is 17.4. The lowest BCUT2D eigenvalue weighted by atomic mass is 9.96. The zero-order valence-electron chi connectivity index (χ0n) is 13.8.